The van der Waals surface area contributed by atoms with Crippen molar-refractivity contribution in [1.29, 1.82) is 0 Å². The molecule has 0 radical (unpaired) electrons. The Morgan fingerprint density at radius 1 is 1.29 bits per heavy atom. The summed E-state index contributed by atoms with van der Waals surface area (Å²) in [5, 5.41) is 11.6. The van der Waals surface area contributed by atoms with Crippen molar-refractivity contribution in [1.82, 2.24) is 29.9 Å². The van der Waals surface area contributed by atoms with Crippen LogP contribution in [-0.2, 0) is 28.0 Å². The van der Waals surface area contributed by atoms with Gasteiger partial charge in [0.1, 0.15) is 17.7 Å². The van der Waals surface area contributed by atoms with E-state index in [1.54, 1.807) is 16.6 Å². The molecule has 0 aliphatic carbocycles. The van der Waals surface area contributed by atoms with Crippen LogP contribution < -0.4 is 10.2 Å². The van der Waals surface area contributed by atoms with Crippen LogP contribution in [0.5, 0.6) is 0 Å². The third-order valence-electron chi connectivity index (χ3n) is 6.04. The quantitative estimate of drug-likeness (QED) is 0.780. The van der Waals surface area contributed by atoms with Crippen LogP contribution in [0.1, 0.15) is 41.4 Å². The number of hydrogen-bond acceptors (Lipinski definition) is 6. The molecule has 1 fully saturated rings. The maximum absolute atomic E-state index is 12.8. The SMILES string of the molecule is Cc1cc2n(n1)CC[C@H](NC(=O)c1nc3n(n1)CCC31CCOC1)C(=O)N2C. The van der Waals surface area contributed by atoms with Crippen molar-refractivity contribution in [3.05, 3.63) is 23.4 Å². The fourth-order valence-corrected chi connectivity index (χ4v) is 4.44. The Hall–Kier alpha value is -2.75. The lowest BCUT2D eigenvalue weighted by Crippen LogP contribution is -2.47. The van der Waals surface area contributed by atoms with E-state index in [1.807, 2.05) is 17.7 Å². The van der Waals surface area contributed by atoms with Crippen LogP contribution in [0, 0.1) is 6.92 Å². The van der Waals surface area contributed by atoms with Gasteiger partial charge in [0.05, 0.1) is 17.7 Å². The van der Waals surface area contributed by atoms with Crippen molar-refractivity contribution in [2.45, 2.75) is 50.7 Å². The second-order valence-corrected chi connectivity index (χ2v) is 7.89. The van der Waals surface area contributed by atoms with E-state index in [0.717, 1.165) is 36.7 Å². The number of ether oxygens (including phenoxy) is 1. The second kappa shape index (κ2) is 6.13. The molecule has 2 amide bonds. The van der Waals surface area contributed by atoms with E-state index in [-0.39, 0.29) is 17.1 Å². The monoisotopic (exact) mass is 385 g/mol. The lowest BCUT2D eigenvalue weighted by Gasteiger charge is -2.20. The van der Waals surface area contributed by atoms with Gasteiger partial charge >= 0.3 is 0 Å². The summed E-state index contributed by atoms with van der Waals surface area (Å²) in [6.45, 7) is 4.53. The van der Waals surface area contributed by atoms with Gasteiger partial charge in [-0.3, -0.25) is 14.5 Å². The van der Waals surface area contributed by atoms with E-state index in [1.165, 1.54) is 0 Å². The predicted octanol–water partition coefficient (Wildman–Crippen LogP) is 0.00992. The van der Waals surface area contributed by atoms with Crippen LogP contribution in [-0.4, -0.2) is 62.7 Å². The molecule has 10 heteroatoms. The van der Waals surface area contributed by atoms with Gasteiger partial charge < -0.3 is 10.1 Å². The van der Waals surface area contributed by atoms with Gasteiger partial charge in [0.15, 0.2) is 0 Å². The molecule has 2 aromatic rings. The largest absolute Gasteiger partial charge is 0.380 e. The summed E-state index contributed by atoms with van der Waals surface area (Å²) >= 11 is 0. The van der Waals surface area contributed by atoms with Crippen molar-refractivity contribution in [3.8, 4) is 0 Å². The van der Waals surface area contributed by atoms with Gasteiger partial charge in [0.2, 0.25) is 5.82 Å². The van der Waals surface area contributed by atoms with Crippen LogP contribution in [0.25, 0.3) is 0 Å². The predicted molar refractivity (Wildman–Crippen MR) is 98.0 cm³/mol. The molecule has 1 spiro atoms. The average molecular weight is 385 g/mol. The summed E-state index contributed by atoms with van der Waals surface area (Å²) in [4.78, 5) is 31.7. The molecule has 0 saturated carbocycles. The first-order valence-corrected chi connectivity index (χ1v) is 9.63. The van der Waals surface area contributed by atoms with E-state index >= 15 is 0 Å². The first kappa shape index (κ1) is 17.4. The number of likely N-dealkylation sites (N-methyl/N-ethyl adjacent to an activating group) is 1. The Bertz CT molecular complexity index is 957. The van der Waals surface area contributed by atoms with Crippen LogP contribution in [0.4, 0.5) is 5.82 Å². The van der Waals surface area contributed by atoms with Gasteiger partial charge in [0, 0.05) is 32.8 Å². The number of anilines is 1. The molecule has 1 saturated heterocycles. The van der Waals surface area contributed by atoms with Crippen molar-refractivity contribution in [2.75, 3.05) is 25.2 Å². The molecular weight excluding hydrogens is 362 g/mol. The normalized spacial score (nSPS) is 26.4. The molecule has 10 nitrogen and oxygen atoms in total. The first-order chi connectivity index (χ1) is 13.5. The van der Waals surface area contributed by atoms with Crippen molar-refractivity contribution in [2.24, 2.45) is 0 Å². The highest BCUT2D eigenvalue weighted by atomic mass is 16.5. The average Bonchev–Trinajstić information content (AvgIpc) is 3.43. The highest BCUT2D eigenvalue weighted by molar-refractivity contribution is 6.00. The molecule has 0 aromatic carbocycles. The zero-order chi connectivity index (χ0) is 19.5. The van der Waals surface area contributed by atoms with Gasteiger partial charge in [-0.2, -0.15) is 5.10 Å². The summed E-state index contributed by atoms with van der Waals surface area (Å²) in [7, 11) is 1.70. The molecule has 3 aliphatic heterocycles. The molecule has 0 bridgehead atoms. The zero-order valence-electron chi connectivity index (χ0n) is 16.0. The number of aryl methyl sites for hydroxylation is 3. The molecule has 2 atom stereocenters. The lowest BCUT2D eigenvalue weighted by atomic mass is 9.85. The Balaban J connectivity index is 1.34. The number of amides is 2. The number of fused-ring (bicyclic) bond motifs is 3. The molecular formula is C18H23N7O3. The molecule has 1 N–H and O–H groups in total. The van der Waals surface area contributed by atoms with Gasteiger partial charge in [-0.25, -0.2) is 14.3 Å². The summed E-state index contributed by atoms with van der Waals surface area (Å²) in [6.07, 6.45) is 2.32. The third-order valence-corrected chi connectivity index (χ3v) is 6.04. The number of carbonyl (C=O) groups excluding carboxylic acids is 2. The first-order valence-electron chi connectivity index (χ1n) is 9.63. The Morgan fingerprint density at radius 2 is 2.14 bits per heavy atom. The van der Waals surface area contributed by atoms with E-state index in [9.17, 15) is 9.59 Å². The molecule has 2 aromatic heterocycles. The van der Waals surface area contributed by atoms with E-state index in [2.05, 4.69) is 20.5 Å². The highest BCUT2D eigenvalue weighted by Gasteiger charge is 2.45. The van der Waals surface area contributed by atoms with Crippen LogP contribution in [0.3, 0.4) is 0 Å². The minimum absolute atomic E-state index is 0.114. The van der Waals surface area contributed by atoms with Gasteiger partial charge in [-0.05, 0) is 26.2 Å². The fourth-order valence-electron chi connectivity index (χ4n) is 4.44. The van der Waals surface area contributed by atoms with E-state index < -0.39 is 11.9 Å². The molecule has 5 rings (SSSR count). The standard InChI is InChI=1S/C18H23N7O3/c1-11-9-13-23(2)16(27)12(3-6-24(13)21-11)19-15(26)14-20-17-18(5-8-28-10-18)4-7-25(17)22-14/h9,12H,3-8,10H2,1-2H3,(H,19,26)/t12-,18?/m0/s1. The Morgan fingerprint density at radius 3 is 2.93 bits per heavy atom. The van der Waals surface area contributed by atoms with Gasteiger partial charge in [-0.15, -0.1) is 5.10 Å². The summed E-state index contributed by atoms with van der Waals surface area (Å²) in [5.74, 6) is 1.10. The summed E-state index contributed by atoms with van der Waals surface area (Å²) in [5.41, 5.74) is 0.746. The van der Waals surface area contributed by atoms with E-state index in [4.69, 9.17) is 4.74 Å². The maximum atomic E-state index is 12.8. The number of nitrogens with one attached hydrogen (secondary N) is 1. The number of rotatable bonds is 2. The summed E-state index contributed by atoms with van der Waals surface area (Å²) in [6, 6.07) is 1.23. The smallest absolute Gasteiger partial charge is 0.291 e. The highest BCUT2D eigenvalue weighted by Crippen LogP contribution is 2.40. The maximum Gasteiger partial charge on any atom is 0.291 e. The Kier molecular flexibility index (Phi) is 3.80. The van der Waals surface area contributed by atoms with E-state index in [0.29, 0.717) is 26.2 Å². The molecule has 28 heavy (non-hydrogen) atoms. The minimum atomic E-state index is -0.637. The van der Waals surface area contributed by atoms with Crippen LogP contribution >= 0.6 is 0 Å². The zero-order valence-corrected chi connectivity index (χ0v) is 16.0. The van der Waals surface area contributed by atoms with Crippen molar-refractivity contribution < 1.29 is 14.3 Å². The number of nitrogens with zero attached hydrogens (tertiary/aromatic N) is 6. The molecule has 148 valence electrons. The number of aromatic nitrogens is 5. The third kappa shape index (κ3) is 2.55. The molecule has 3 aliphatic rings. The van der Waals surface area contributed by atoms with Crippen molar-refractivity contribution >= 4 is 17.6 Å². The van der Waals surface area contributed by atoms with Crippen molar-refractivity contribution in [3.63, 3.8) is 0 Å². The second-order valence-electron chi connectivity index (χ2n) is 7.89. The fraction of sp³-hybridized carbons (Fsp3) is 0.611. The van der Waals surface area contributed by atoms with Gasteiger partial charge in [-0.1, -0.05) is 0 Å². The molecule has 5 heterocycles. The Labute approximate surface area is 161 Å². The topological polar surface area (TPSA) is 107 Å². The lowest BCUT2D eigenvalue weighted by molar-refractivity contribution is -0.120. The van der Waals surface area contributed by atoms with Crippen LogP contribution in [0.2, 0.25) is 0 Å². The number of carbonyl (C=O) groups is 2. The summed E-state index contributed by atoms with van der Waals surface area (Å²) < 4.78 is 9.17. The molecule has 1 unspecified atom stereocenters. The van der Waals surface area contributed by atoms with Crippen LogP contribution in [0.15, 0.2) is 6.07 Å². The number of hydrogen-bond donors (Lipinski definition) is 1. The minimum Gasteiger partial charge on any atom is -0.380 e. The van der Waals surface area contributed by atoms with Gasteiger partial charge in [0.25, 0.3) is 11.8 Å².